The van der Waals surface area contributed by atoms with E-state index >= 15 is 0 Å². The first-order chi connectivity index (χ1) is 7.79. The highest BCUT2D eigenvalue weighted by molar-refractivity contribution is 9.10. The van der Waals surface area contributed by atoms with Crippen LogP contribution in [0, 0.1) is 0 Å². The van der Waals surface area contributed by atoms with Crippen LogP contribution < -0.4 is 10.5 Å². The highest BCUT2D eigenvalue weighted by Crippen LogP contribution is 2.27. The molecule has 0 radical (unpaired) electrons. The van der Waals surface area contributed by atoms with Crippen LogP contribution in [0.4, 0.5) is 0 Å². The second-order valence-electron chi connectivity index (χ2n) is 3.95. The van der Waals surface area contributed by atoms with Crippen LogP contribution in [-0.4, -0.2) is 27.0 Å². The van der Waals surface area contributed by atoms with Crippen molar-refractivity contribution in [2.45, 2.75) is 13.0 Å². The van der Waals surface area contributed by atoms with Crippen LogP contribution in [0.3, 0.4) is 0 Å². The molecule has 0 aromatic heterocycles. The Balaban J connectivity index is 2.77. The number of hydrogen-bond donors (Lipinski definition) is 1. The van der Waals surface area contributed by atoms with E-state index in [0.29, 0.717) is 5.75 Å². The van der Waals surface area contributed by atoms with Crippen LogP contribution in [-0.2, 0) is 9.84 Å². The monoisotopic (exact) mass is 321 g/mol. The molecule has 96 valence electrons. The van der Waals surface area contributed by atoms with Crippen LogP contribution in [0.2, 0.25) is 0 Å². The molecule has 0 saturated heterocycles. The van der Waals surface area contributed by atoms with Gasteiger partial charge in [-0.1, -0.05) is 15.9 Å². The van der Waals surface area contributed by atoms with E-state index in [-0.39, 0.29) is 18.4 Å². The van der Waals surface area contributed by atoms with E-state index in [1.54, 1.807) is 6.07 Å². The highest BCUT2D eigenvalue weighted by Gasteiger charge is 2.10. The van der Waals surface area contributed by atoms with Crippen molar-refractivity contribution in [3.05, 3.63) is 28.2 Å². The fourth-order valence-corrected chi connectivity index (χ4v) is 2.07. The third kappa shape index (κ3) is 5.06. The minimum atomic E-state index is -3.00. The van der Waals surface area contributed by atoms with Crippen LogP contribution in [0.15, 0.2) is 22.7 Å². The normalized spacial score (nSPS) is 13.4. The number of ether oxygens (including phenoxy) is 1. The largest absolute Gasteiger partial charge is 0.492 e. The molecule has 0 heterocycles. The average molecular weight is 322 g/mol. The molecular weight excluding hydrogens is 306 g/mol. The topological polar surface area (TPSA) is 69.4 Å². The number of hydrogen-bond acceptors (Lipinski definition) is 4. The molecule has 0 aliphatic carbocycles. The lowest BCUT2D eigenvalue weighted by atomic mass is 10.1. The van der Waals surface area contributed by atoms with Crippen molar-refractivity contribution in [1.29, 1.82) is 0 Å². The van der Waals surface area contributed by atoms with Gasteiger partial charge in [-0.15, -0.1) is 0 Å². The minimum absolute atomic E-state index is 0.00144. The molecule has 17 heavy (non-hydrogen) atoms. The molecular formula is C11H16BrNO3S. The van der Waals surface area contributed by atoms with E-state index in [1.807, 2.05) is 19.1 Å². The van der Waals surface area contributed by atoms with Crippen molar-refractivity contribution in [2.24, 2.45) is 5.73 Å². The van der Waals surface area contributed by atoms with Gasteiger partial charge in [0, 0.05) is 22.3 Å². The van der Waals surface area contributed by atoms with Gasteiger partial charge < -0.3 is 10.5 Å². The Bertz CT molecular complexity index is 485. The van der Waals surface area contributed by atoms with Gasteiger partial charge in [0.2, 0.25) is 0 Å². The zero-order chi connectivity index (χ0) is 13.1. The second-order valence-corrected chi connectivity index (χ2v) is 7.12. The number of halogens is 1. The van der Waals surface area contributed by atoms with Crippen molar-refractivity contribution >= 4 is 25.8 Å². The van der Waals surface area contributed by atoms with E-state index in [0.717, 1.165) is 10.0 Å². The number of sulfone groups is 1. The smallest absolute Gasteiger partial charge is 0.150 e. The van der Waals surface area contributed by atoms with Gasteiger partial charge in [-0.25, -0.2) is 8.42 Å². The summed E-state index contributed by atoms with van der Waals surface area (Å²) in [4.78, 5) is 0. The summed E-state index contributed by atoms with van der Waals surface area (Å²) in [6.07, 6.45) is 1.18. The Morgan fingerprint density at radius 2 is 2.12 bits per heavy atom. The number of nitrogens with two attached hydrogens (primary N) is 1. The maximum absolute atomic E-state index is 11.0. The Kier molecular flexibility index (Phi) is 4.97. The fourth-order valence-electron chi connectivity index (χ4n) is 1.31. The van der Waals surface area contributed by atoms with Crippen molar-refractivity contribution in [1.82, 2.24) is 0 Å². The van der Waals surface area contributed by atoms with Gasteiger partial charge in [-0.3, -0.25) is 0 Å². The Morgan fingerprint density at radius 3 is 2.65 bits per heavy atom. The standard InChI is InChI=1S/C11H16BrNO3S/c1-8(13)10-7-9(12)3-4-11(10)16-5-6-17(2,14)15/h3-4,7-8H,5-6,13H2,1-2H3. The Morgan fingerprint density at radius 1 is 1.47 bits per heavy atom. The van der Waals surface area contributed by atoms with Gasteiger partial charge in [-0.05, 0) is 25.1 Å². The third-order valence-electron chi connectivity index (χ3n) is 2.17. The predicted octanol–water partition coefficient (Wildman–Crippen LogP) is 1.89. The van der Waals surface area contributed by atoms with Crippen LogP contribution in [0.25, 0.3) is 0 Å². The van der Waals surface area contributed by atoms with E-state index in [9.17, 15) is 8.42 Å². The lowest BCUT2D eigenvalue weighted by molar-refractivity contribution is 0.335. The summed E-state index contributed by atoms with van der Waals surface area (Å²) < 4.78 is 28.3. The first kappa shape index (κ1) is 14.5. The van der Waals surface area contributed by atoms with E-state index in [4.69, 9.17) is 10.5 Å². The van der Waals surface area contributed by atoms with Gasteiger partial charge in [0.25, 0.3) is 0 Å². The summed E-state index contributed by atoms with van der Waals surface area (Å²) in [5, 5.41) is 0. The lowest BCUT2D eigenvalue weighted by Crippen LogP contribution is -2.14. The molecule has 6 heteroatoms. The molecule has 0 bridgehead atoms. The first-order valence-corrected chi connectivity index (χ1v) is 8.00. The number of rotatable bonds is 5. The molecule has 0 spiro atoms. The molecule has 1 rings (SSSR count). The molecule has 4 nitrogen and oxygen atoms in total. The quantitative estimate of drug-likeness (QED) is 0.899. The van der Waals surface area contributed by atoms with E-state index in [2.05, 4.69) is 15.9 Å². The van der Waals surface area contributed by atoms with Gasteiger partial charge in [0.05, 0.1) is 5.75 Å². The fraction of sp³-hybridized carbons (Fsp3) is 0.455. The molecule has 1 aromatic carbocycles. The lowest BCUT2D eigenvalue weighted by Gasteiger charge is -2.14. The molecule has 2 N–H and O–H groups in total. The van der Waals surface area contributed by atoms with Crippen molar-refractivity contribution in [3.63, 3.8) is 0 Å². The van der Waals surface area contributed by atoms with Crippen molar-refractivity contribution < 1.29 is 13.2 Å². The van der Waals surface area contributed by atoms with Crippen molar-refractivity contribution in [3.8, 4) is 5.75 Å². The van der Waals surface area contributed by atoms with Crippen molar-refractivity contribution in [2.75, 3.05) is 18.6 Å². The SMILES string of the molecule is CC(N)c1cc(Br)ccc1OCCS(C)(=O)=O. The Hall–Kier alpha value is -0.590. The average Bonchev–Trinajstić information content (AvgIpc) is 2.18. The molecule has 0 fully saturated rings. The summed E-state index contributed by atoms with van der Waals surface area (Å²) >= 11 is 3.36. The van der Waals surface area contributed by atoms with Gasteiger partial charge >= 0.3 is 0 Å². The van der Waals surface area contributed by atoms with Gasteiger partial charge in [0.1, 0.15) is 12.4 Å². The molecule has 0 amide bonds. The zero-order valence-corrected chi connectivity index (χ0v) is 12.2. The van der Waals surface area contributed by atoms with E-state index < -0.39 is 9.84 Å². The molecule has 1 unspecified atom stereocenters. The zero-order valence-electron chi connectivity index (χ0n) is 9.81. The molecule has 0 saturated carbocycles. The highest BCUT2D eigenvalue weighted by atomic mass is 79.9. The maximum atomic E-state index is 11.0. The summed E-state index contributed by atoms with van der Waals surface area (Å²) in [6, 6.07) is 5.33. The van der Waals surface area contributed by atoms with Crippen LogP contribution in [0.5, 0.6) is 5.75 Å². The van der Waals surface area contributed by atoms with Crippen LogP contribution >= 0.6 is 15.9 Å². The predicted molar refractivity (Wildman–Crippen MR) is 72.0 cm³/mol. The Labute approximate surface area is 110 Å². The van der Waals surface area contributed by atoms with Crippen LogP contribution in [0.1, 0.15) is 18.5 Å². The summed E-state index contributed by atoms with van der Waals surface area (Å²) in [6.45, 7) is 1.99. The van der Waals surface area contributed by atoms with E-state index in [1.165, 1.54) is 6.26 Å². The van der Waals surface area contributed by atoms with Gasteiger partial charge in [0.15, 0.2) is 9.84 Å². The summed E-state index contributed by atoms with van der Waals surface area (Å²) in [5.74, 6) is 0.633. The van der Waals surface area contributed by atoms with Gasteiger partial charge in [-0.2, -0.15) is 0 Å². The summed E-state index contributed by atoms with van der Waals surface area (Å²) in [5.41, 5.74) is 6.68. The molecule has 1 aromatic rings. The third-order valence-corrected chi connectivity index (χ3v) is 3.58. The second kappa shape index (κ2) is 5.84. The molecule has 0 aliphatic heterocycles. The molecule has 1 atom stereocenters. The molecule has 0 aliphatic rings. The first-order valence-electron chi connectivity index (χ1n) is 5.15. The number of benzene rings is 1. The minimum Gasteiger partial charge on any atom is -0.492 e. The maximum Gasteiger partial charge on any atom is 0.150 e. The summed E-state index contributed by atoms with van der Waals surface area (Å²) in [7, 11) is -3.00.